The minimum Gasteiger partial charge on any atom is -0.465 e. The van der Waals surface area contributed by atoms with Crippen LogP contribution in [-0.4, -0.2) is 39.5 Å². The molecule has 0 fully saturated rings. The third-order valence-electron chi connectivity index (χ3n) is 2.02. The van der Waals surface area contributed by atoms with E-state index in [1.807, 2.05) is 0 Å². The second kappa shape index (κ2) is 5.51. The number of nitrogens with two attached hydrogens (primary N) is 1. The molecule has 0 aromatic rings. The number of carbonyl (C=O) groups excluding carboxylic acids is 1. The van der Waals surface area contributed by atoms with Crippen LogP contribution >= 0.6 is 0 Å². The summed E-state index contributed by atoms with van der Waals surface area (Å²) >= 11 is 0. The molecular formula is C10H19N3O4. The number of hydrogen-bond donors (Lipinski definition) is 2. The van der Waals surface area contributed by atoms with Gasteiger partial charge in [0.25, 0.3) is 0 Å². The Morgan fingerprint density at radius 2 is 1.88 bits per heavy atom. The number of carboxylic acid groups (broad SMARTS) is 1. The standard InChI is InChI=1S/C10H19N3O4/c1-6(8(11)12-17-7(2)14)13(9(15)16)10(3,4)5/h6H,1-5H3,(H2,11,12)(H,15,16)/t6-/m0/s1. The molecule has 0 aromatic heterocycles. The molecule has 17 heavy (non-hydrogen) atoms. The Hall–Kier alpha value is -1.79. The van der Waals surface area contributed by atoms with Crippen molar-refractivity contribution < 1.29 is 19.5 Å². The molecule has 0 radical (unpaired) electrons. The molecule has 1 atom stereocenters. The van der Waals surface area contributed by atoms with Crippen LogP contribution in [0.2, 0.25) is 0 Å². The van der Waals surface area contributed by atoms with Gasteiger partial charge < -0.3 is 15.7 Å². The molecule has 0 aliphatic rings. The second-order valence-corrected chi connectivity index (χ2v) is 4.60. The van der Waals surface area contributed by atoms with Gasteiger partial charge in [0.05, 0.1) is 6.04 Å². The first-order valence-corrected chi connectivity index (χ1v) is 5.10. The molecule has 0 saturated heterocycles. The average molecular weight is 245 g/mol. The van der Waals surface area contributed by atoms with Gasteiger partial charge in [0, 0.05) is 12.5 Å². The molecule has 0 saturated carbocycles. The van der Waals surface area contributed by atoms with Crippen molar-refractivity contribution in [1.29, 1.82) is 0 Å². The highest BCUT2D eigenvalue weighted by Crippen LogP contribution is 2.17. The average Bonchev–Trinajstić information content (AvgIpc) is 2.10. The molecule has 0 spiro atoms. The molecule has 1 amide bonds. The molecule has 0 bridgehead atoms. The van der Waals surface area contributed by atoms with Crippen molar-refractivity contribution in [3.8, 4) is 0 Å². The van der Waals surface area contributed by atoms with E-state index in [4.69, 9.17) is 10.8 Å². The lowest BCUT2D eigenvalue weighted by molar-refractivity contribution is -0.141. The van der Waals surface area contributed by atoms with E-state index < -0.39 is 23.6 Å². The van der Waals surface area contributed by atoms with Crippen molar-refractivity contribution in [3.05, 3.63) is 0 Å². The summed E-state index contributed by atoms with van der Waals surface area (Å²) in [5, 5.41) is 12.5. The predicted molar refractivity (Wildman–Crippen MR) is 62.5 cm³/mol. The quantitative estimate of drug-likeness (QED) is 0.334. The number of oxime groups is 1. The molecular weight excluding hydrogens is 226 g/mol. The van der Waals surface area contributed by atoms with Crippen LogP contribution in [-0.2, 0) is 9.63 Å². The lowest BCUT2D eigenvalue weighted by Crippen LogP contribution is -2.54. The van der Waals surface area contributed by atoms with Gasteiger partial charge in [0.2, 0.25) is 0 Å². The number of carbonyl (C=O) groups is 2. The summed E-state index contributed by atoms with van der Waals surface area (Å²) in [4.78, 5) is 27.2. The molecule has 3 N–H and O–H groups in total. The van der Waals surface area contributed by atoms with Gasteiger partial charge in [-0.15, -0.1) is 0 Å². The summed E-state index contributed by atoms with van der Waals surface area (Å²) in [6, 6.07) is -0.688. The highest BCUT2D eigenvalue weighted by atomic mass is 16.7. The number of amidine groups is 1. The highest BCUT2D eigenvalue weighted by Gasteiger charge is 2.32. The Balaban J connectivity index is 4.97. The summed E-state index contributed by atoms with van der Waals surface area (Å²) in [6.45, 7) is 7.95. The van der Waals surface area contributed by atoms with Gasteiger partial charge in [-0.25, -0.2) is 9.59 Å². The SMILES string of the molecule is CC(=O)O/N=C(\N)[C@H](C)N(C(=O)O)C(C)(C)C. The van der Waals surface area contributed by atoms with Crippen LogP contribution in [0.3, 0.4) is 0 Å². The molecule has 0 unspecified atom stereocenters. The van der Waals surface area contributed by atoms with Crippen molar-refractivity contribution >= 4 is 17.9 Å². The van der Waals surface area contributed by atoms with E-state index in [2.05, 4.69) is 9.99 Å². The zero-order valence-corrected chi connectivity index (χ0v) is 10.7. The molecule has 98 valence electrons. The van der Waals surface area contributed by atoms with E-state index in [1.54, 1.807) is 27.7 Å². The topological polar surface area (TPSA) is 105 Å². The fourth-order valence-corrected chi connectivity index (χ4v) is 1.36. The minimum absolute atomic E-state index is 0.0717. The third-order valence-corrected chi connectivity index (χ3v) is 2.02. The maximum atomic E-state index is 11.1. The zero-order valence-electron chi connectivity index (χ0n) is 10.7. The van der Waals surface area contributed by atoms with Crippen molar-refractivity contribution in [2.24, 2.45) is 10.9 Å². The summed E-state index contributed by atoms with van der Waals surface area (Å²) in [5.74, 6) is -0.685. The van der Waals surface area contributed by atoms with Crippen LogP contribution in [0.15, 0.2) is 5.16 Å². The lowest BCUT2D eigenvalue weighted by atomic mass is 10.0. The van der Waals surface area contributed by atoms with E-state index in [-0.39, 0.29) is 5.84 Å². The Labute approximate surface area is 100 Å². The first kappa shape index (κ1) is 15.2. The summed E-state index contributed by atoms with van der Waals surface area (Å²) in [6.07, 6.45) is -1.12. The third kappa shape index (κ3) is 4.71. The summed E-state index contributed by atoms with van der Waals surface area (Å²) in [7, 11) is 0. The number of nitrogens with zero attached hydrogens (tertiary/aromatic N) is 2. The largest absolute Gasteiger partial charge is 0.465 e. The molecule has 0 aliphatic heterocycles. The summed E-state index contributed by atoms with van der Waals surface area (Å²) in [5.41, 5.74) is 4.93. The van der Waals surface area contributed by atoms with Crippen LogP contribution in [0, 0.1) is 0 Å². The maximum absolute atomic E-state index is 11.1. The molecule has 0 heterocycles. The van der Waals surface area contributed by atoms with Crippen LogP contribution in [0.25, 0.3) is 0 Å². The molecule has 0 aliphatic carbocycles. The molecule has 0 rings (SSSR count). The van der Waals surface area contributed by atoms with E-state index in [9.17, 15) is 9.59 Å². The van der Waals surface area contributed by atoms with Gasteiger partial charge in [0.15, 0.2) is 5.84 Å². The van der Waals surface area contributed by atoms with Crippen molar-refractivity contribution in [2.75, 3.05) is 0 Å². The number of hydrogen-bond acceptors (Lipinski definition) is 4. The Morgan fingerprint density at radius 3 is 2.18 bits per heavy atom. The Morgan fingerprint density at radius 1 is 1.41 bits per heavy atom. The van der Waals surface area contributed by atoms with Gasteiger partial charge in [-0.05, 0) is 27.7 Å². The van der Waals surface area contributed by atoms with E-state index in [0.29, 0.717) is 0 Å². The van der Waals surface area contributed by atoms with Gasteiger partial charge >= 0.3 is 12.1 Å². The first-order valence-electron chi connectivity index (χ1n) is 5.10. The van der Waals surface area contributed by atoms with Crippen LogP contribution in [0.4, 0.5) is 4.79 Å². The molecule has 7 heteroatoms. The van der Waals surface area contributed by atoms with Gasteiger partial charge in [0.1, 0.15) is 0 Å². The van der Waals surface area contributed by atoms with E-state index >= 15 is 0 Å². The van der Waals surface area contributed by atoms with Crippen LogP contribution < -0.4 is 5.73 Å². The smallest absolute Gasteiger partial charge is 0.408 e. The number of rotatable bonds is 3. The fourth-order valence-electron chi connectivity index (χ4n) is 1.36. The van der Waals surface area contributed by atoms with E-state index in [1.165, 1.54) is 6.92 Å². The van der Waals surface area contributed by atoms with Crippen molar-refractivity contribution in [1.82, 2.24) is 4.90 Å². The van der Waals surface area contributed by atoms with Gasteiger partial charge in [-0.1, -0.05) is 5.16 Å². The number of amides is 1. The predicted octanol–water partition coefficient (Wildman–Crippen LogP) is 0.989. The lowest BCUT2D eigenvalue weighted by Gasteiger charge is -2.37. The summed E-state index contributed by atoms with van der Waals surface area (Å²) < 4.78 is 0. The van der Waals surface area contributed by atoms with Crippen LogP contribution in [0.5, 0.6) is 0 Å². The Kier molecular flexibility index (Phi) is 4.93. The zero-order chi connectivity index (χ0) is 13.8. The first-order chi connectivity index (χ1) is 7.57. The molecule has 0 aromatic carbocycles. The van der Waals surface area contributed by atoms with Crippen molar-refractivity contribution in [2.45, 2.75) is 46.2 Å². The second-order valence-electron chi connectivity index (χ2n) is 4.60. The monoisotopic (exact) mass is 245 g/mol. The minimum atomic E-state index is -1.12. The normalized spacial score (nSPS) is 14.1. The highest BCUT2D eigenvalue weighted by molar-refractivity contribution is 5.88. The van der Waals surface area contributed by atoms with Gasteiger partial charge in [-0.3, -0.25) is 4.90 Å². The molecule has 7 nitrogen and oxygen atoms in total. The Bertz CT molecular complexity index is 333. The van der Waals surface area contributed by atoms with Gasteiger partial charge in [-0.2, -0.15) is 0 Å². The van der Waals surface area contributed by atoms with Crippen LogP contribution in [0.1, 0.15) is 34.6 Å². The van der Waals surface area contributed by atoms with Crippen molar-refractivity contribution in [3.63, 3.8) is 0 Å². The maximum Gasteiger partial charge on any atom is 0.408 e. The van der Waals surface area contributed by atoms with E-state index in [0.717, 1.165) is 4.90 Å². The fraction of sp³-hybridized carbons (Fsp3) is 0.700.